The Morgan fingerprint density at radius 2 is 2.18 bits per heavy atom. The molecular weight excluding hydrogens is 282 g/mol. The van der Waals surface area contributed by atoms with Crippen LogP contribution in [0.25, 0.3) is 5.82 Å². The number of halogens is 1. The maximum Gasteiger partial charge on any atom is 0.160 e. The number of aryl methyl sites for hydroxylation is 2. The van der Waals surface area contributed by atoms with Gasteiger partial charge >= 0.3 is 0 Å². The van der Waals surface area contributed by atoms with Crippen molar-refractivity contribution in [3.63, 3.8) is 0 Å². The number of nitrogens with zero attached hydrogens (tertiary/aromatic N) is 4. The Morgan fingerprint density at radius 1 is 1.41 bits per heavy atom. The third-order valence-corrected chi connectivity index (χ3v) is 2.79. The molecule has 0 atom stereocenters. The van der Waals surface area contributed by atoms with Gasteiger partial charge in [-0.05, 0) is 42.9 Å². The van der Waals surface area contributed by atoms with Gasteiger partial charge in [-0.3, -0.25) is 0 Å². The Bertz CT molecular complexity index is 535. The van der Waals surface area contributed by atoms with E-state index in [0.717, 1.165) is 34.0 Å². The lowest BCUT2D eigenvalue weighted by atomic mass is 10.2. The molecular formula is C11H14BrN5. The Morgan fingerprint density at radius 3 is 2.76 bits per heavy atom. The van der Waals surface area contributed by atoms with Gasteiger partial charge < -0.3 is 5.32 Å². The Balaban J connectivity index is 2.54. The van der Waals surface area contributed by atoms with E-state index in [1.807, 2.05) is 27.0 Å². The van der Waals surface area contributed by atoms with E-state index in [9.17, 15) is 0 Å². The summed E-state index contributed by atoms with van der Waals surface area (Å²) in [5.41, 5.74) is 1.08. The predicted molar refractivity (Wildman–Crippen MR) is 69.1 cm³/mol. The minimum Gasteiger partial charge on any atom is -0.316 e. The average molecular weight is 296 g/mol. The molecule has 0 radical (unpaired) electrons. The first-order valence-corrected chi connectivity index (χ1v) is 6.10. The summed E-state index contributed by atoms with van der Waals surface area (Å²) in [7, 11) is 1.91. The minimum atomic E-state index is 0.736. The zero-order valence-corrected chi connectivity index (χ0v) is 11.6. The fourth-order valence-electron chi connectivity index (χ4n) is 1.71. The third kappa shape index (κ3) is 2.53. The van der Waals surface area contributed by atoms with Crippen LogP contribution in [-0.4, -0.2) is 26.8 Å². The lowest BCUT2D eigenvalue weighted by Gasteiger charge is -2.09. The molecule has 5 nitrogen and oxygen atoms in total. The van der Waals surface area contributed by atoms with E-state index in [-0.39, 0.29) is 0 Å². The second kappa shape index (κ2) is 4.93. The van der Waals surface area contributed by atoms with E-state index in [0.29, 0.717) is 0 Å². The molecule has 0 aromatic carbocycles. The summed E-state index contributed by atoms with van der Waals surface area (Å²) < 4.78 is 2.73. The molecule has 0 aliphatic rings. The summed E-state index contributed by atoms with van der Waals surface area (Å²) in [6, 6.07) is 2.04. The average Bonchev–Trinajstić information content (AvgIpc) is 2.59. The first-order chi connectivity index (χ1) is 8.11. The van der Waals surface area contributed by atoms with Gasteiger partial charge in [0.15, 0.2) is 5.82 Å². The largest absolute Gasteiger partial charge is 0.316 e. The highest BCUT2D eigenvalue weighted by Gasteiger charge is 2.11. The van der Waals surface area contributed by atoms with E-state index < -0.39 is 0 Å². The lowest BCUT2D eigenvalue weighted by molar-refractivity contribution is 0.752. The lowest BCUT2D eigenvalue weighted by Crippen LogP contribution is -2.12. The number of pyridine rings is 1. The molecule has 2 aromatic rings. The van der Waals surface area contributed by atoms with E-state index in [1.165, 1.54) is 0 Å². The predicted octanol–water partition coefficient (Wildman–Crippen LogP) is 1.76. The van der Waals surface area contributed by atoms with Crippen molar-refractivity contribution >= 4 is 15.9 Å². The highest BCUT2D eigenvalue weighted by atomic mass is 79.9. The van der Waals surface area contributed by atoms with Gasteiger partial charge in [0.25, 0.3) is 0 Å². The van der Waals surface area contributed by atoms with Gasteiger partial charge in [-0.2, -0.15) is 4.68 Å². The topological polar surface area (TPSA) is 55.6 Å². The first kappa shape index (κ1) is 12.2. The third-order valence-electron chi connectivity index (χ3n) is 2.35. The van der Waals surface area contributed by atoms with E-state index >= 15 is 0 Å². The molecule has 2 heterocycles. The monoisotopic (exact) mass is 295 g/mol. The van der Waals surface area contributed by atoms with Gasteiger partial charge in [0.2, 0.25) is 0 Å². The first-order valence-electron chi connectivity index (χ1n) is 5.31. The number of aromatic nitrogens is 4. The quantitative estimate of drug-likeness (QED) is 0.937. The summed E-state index contributed by atoms with van der Waals surface area (Å²) >= 11 is 3.43. The molecule has 2 aromatic heterocycles. The van der Waals surface area contributed by atoms with Crippen molar-refractivity contribution in [3.05, 3.63) is 33.9 Å². The second-order valence-electron chi connectivity index (χ2n) is 3.78. The Hall–Kier alpha value is -1.27. The molecule has 0 aliphatic heterocycles. The van der Waals surface area contributed by atoms with Crippen molar-refractivity contribution in [3.8, 4) is 5.82 Å². The van der Waals surface area contributed by atoms with Gasteiger partial charge in [0.05, 0.1) is 0 Å². The van der Waals surface area contributed by atoms with Crippen LogP contribution in [-0.2, 0) is 6.54 Å². The van der Waals surface area contributed by atoms with Crippen molar-refractivity contribution in [2.75, 3.05) is 7.05 Å². The molecule has 0 spiro atoms. The molecule has 0 amide bonds. The van der Waals surface area contributed by atoms with Crippen LogP contribution in [0.4, 0.5) is 0 Å². The fraction of sp³-hybridized carbons (Fsp3) is 0.364. The van der Waals surface area contributed by atoms with Crippen molar-refractivity contribution in [1.29, 1.82) is 0 Å². The minimum absolute atomic E-state index is 0.736. The van der Waals surface area contributed by atoms with Crippen molar-refractivity contribution in [2.24, 2.45) is 0 Å². The maximum absolute atomic E-state index is 4.41. The fourth-order valence-corrected chi connectivity index (χ4v) is 2.09. The summed E-state index contributed by atoms with van der Waals surface area (Å²) in [5, 5.41) is 7.48. The van der Waals surface area contributed by atoms with Crippen LogP contribution in [0.3, 0.4) is 0 Å². The van der Waals surface area contributed by atoms with Crippen LogP contribution >= 0.6 is 15.9 Å². The zero-order valence-electron chi connectivity index (χ0n) is 10.0. The van der Waals surface area contributed by atoms with Crippen LogP contribution in [0.2, 0.25) is 0 Å². The van der Waals surface area contributed by atoms with Gasteiger partial charge in [-0.15, -0.1) is 5.10 Å². The molecule has 6 heteroatoms. The summed E-state index contributed by atoms with van der Waals surface area (Å²) in [5.74, 6) is 2.41. The van der Waals surface area contributed by atoms with Crippen LogP contribution < -0.4 is 5.32 Å². The van der Waals surface area contributed by atoms with Gasteiger partial charge in [-0.25, -0.2) is 9.97 Å². The normalized spacial score (nSPS) is 10.8. The van der Waals surface area contributed by atoms with Gasteiger partial charge in [0.1, 0.15) is 11.6 Å². The highest BCUT2D eigenvalue weighted by molar-refractivity contribution is 9.10. The van der Waals surface area contributed by atoms with Crippen molar-refractivity contribution < 1.29 is 0 Å². The maximum atomic E-state index is 4.41. The molecule has 2 rings (SSSR count). The van der Waals surface area contributed by atoms with E-state index in [4.69, 9.17) is 0 Å². The van der Waals surface area contributed by atoms with E-state index in [2.05, 4.69) is 36.3 Å². The highest BCUT2D eigenvalue weighted by Crippen LogP contribution is 2.17. The summed E-state index contributed by atoms with van der Waals surface area (Å²) in [6.07, 6.45) is 1.77. The van der Waals surface area contributed by atoms with Crippen molar-refractivity contribution in [1.82, 2.24) is 25.1 Å². The molecule has 0 saturated carbocycles. The SMILES string of the molecule is CNCc1cc(Br)cnc1-n1nc(C)nc1C. The summed E-state index contributed by atoms with van der Waals surface area (Å²) in [4.78, 5) is 8.71. The molecule has 0 unspecified atom stereocenters. The standard InChI is InChI=1S/C11H14BrN5/c1-7-15-8(2)17(16-7)11-9(5-13-3)4-10(12)6-14-11/h4,6,13H,5H2,1-3H3. The molecule has 0 fully saturated rings. The molecule has 1 N–H and O–H groups in total. The number of rotatable bonds is 3. The Labute approximate surface area is 108 Å². The molecule has 90 valence electrons. The van der Waals surface area contributed by atoms with Crippen LogP contribution in [0.15, 0.2) is 16.7 Å². The smallest absolute Gasteiger partial charge is 0.160 e. The van der Waals surface area contributed by atoms with Gasteiger partial charge in [0, 0.05) is 22.8 Å². The molecule has 0 saturated heterocycles. The van der Waals surface area contributed by atoms with Crippen LogP contribution in [0, 0.1) is 13.8 Å². The number of hydrogen-bond donors (Lipinski definition) is 1. The van der Waals surface area contributed by atoms with Crippen LogP contribution in [0.1, 0.15) is 17.2 Å². The van der Waals surface area contributed by atoms with Crippen molar-refractivity contribution in [2.45, 2.75) is 20.4 Å². The number of hydrogen-bond acceptors (Lipinski definition) is 4. The second-order valence-corrected chi connectivity index (χ2v) is 4.70. The Kier molecular flexibility index (Phi) is 3.54. The number of nitrogens with one attached hydrogen (secondary N) is 1. The molecule has 0 bridgehead atoms. The van der Waals surface area contributed by atoms with Crippen LogP contribution in [0.5, 0.6) is 0 Å². The van der Waals surface area contributed by atoms with Gasteiger partial charge in [-0.1, -0.05) is 0 Å². The summed E-state index contributed by atoms with van der Waals surface area (Å²) in [6.45, 7) is 4.53. The van der Waals surface area contributed by atoms with E-state index in [1.54, 1.807) is 10.9 Å². The zero-order chi connectivity index (χ0) is 12.4. The molecule has 0 aliphatic carbocycles. The molecule has 17 heavy (non-hydrogen) atoms.